The Morgan fingerprint density at radius 3 is 2.51 bits per heavy atom. The number of nitrogens with one attached hydrogen (secondary N) is 1. The summed E-state index contributed by atoms with van der Waals surface area (Å²) < 4.78 is 23.0. The first-order valence-corrected chi connectivity index (χ1v) is 13.1. The van der Waals surface area contributed by atoms with Crippen molar-refractivity contribution in [2.24, 2.45) is 7.05 Å². The molecule has 3 aromatic heterocycles. The quantitative estimate of drug-likeness (QED) is 0.274. The van der Waals surface area contributed by atoms with Gasteiger partial charge in [0.05, 0.1) is 35.1 Å². The Hall–Kier alpha value is -4.16. The first-order chi connectivity index (χ1) is 19.3. The maximum Gasteiger partial charge on any atom is 0.356 e. The monoisotopic (exact) mass is 603 g/mol. The predicted octanol–water partition coefficient (Wildman–Crippen LogP) is 4.90. The number of nitrogens with zero attached hydrogens (tertiary/aromatic N) is 6. The molecule has 0 aliphatic carbocycles. The zero-order valence-corrected chi connectivity index (χ0v) is 24.6. The molecule has 0 fully saturated rings. The van der Waals surface area contributed by atoms with Gasteiger partial charge in [0.25, 0.3) is 5.56 Å². The van der Waals surface area contributed by atoms with E-state index in [0.29, 0.717) is 17.2 Å². The van der Waals surface area contributed by atoms with Crippen LogP contribution in [-0.4, -0.2) is 56.6 Å². The molecule has 0 amide bonds. The van der Waals surface area contributed by atoms with Gasteiger partial charge in [-0.2, -0.15) is 10.1 Å². The van der Waals surface area contributed by atoms with E-state index in [1.54, 1.807) is 25.1 Å². The molecule has 11 nitrogen and oxygen atoms in total. The Balaban J connectivity index is 2.07. The second-order valence-corrected chi connectivity index (χ2v) is 10.6. The third-order valence-corrected chi connectivity index (χ3v) is 6.78. The molecule has 0 spiro atoms. The van der Waals surface area contributed by atoms with Crippen molar-refractivity contribution in [2.75, 3.05) is 31.4 Å². The number of hydrogen-bond donors (Lipinski definition) is 2. The summed E-state index contributed by atoms with van der Waals surface area (Å²) in [6, 6.07) is 4.42. The van der Waals surface area contributed by atoms with Crippen molar-refractivity contribution in [1.29, 1.82) is 0 Å². The molecule has 216 valence electrons. The van der Waals surface area contributed by atoms with Crippen molar-refractivity contribution in [3.63, 3.8) is 0 Å². The Bertz CT molecular complexity index is 1690. The highest BCUT2D eigenvalue weighted by atomic mass is 35.5. The minimum Gasteiger partial charge on any atom is -0.479 e. The van der Waals surface area contributed by atoms with Crippen LogP contribution in [0.5, 0.6) is 5.88 Å². The van der Waals surface area contributed by atoms with E-state index in [9.17, 15) is 19.1 Å². The minimum atomic E-state index is -1.34. The molecule has 4 aromatic rings. The van der Waals surface area contributed by atoms with Crippen molar-refractivity contribution in [2.45, 2.75) is 25.8 Å². The van der Waals surface area contributed by atoms with Gasteiger partial charge in [-0.05, 0) is 29.7 Å². The molecule has 1 aromatic carbocycles. The van der Waals surface area contributed by atoms with Crippen LogP contribution in [0, 0.1) is 5.82 Å². The van der Waals surface area contributed by atoms with Crippen LogP contribution in [0.3, 0.4) is 0 Å². The van der Waals surface area contributed by atoms with Crippen molar-refractivity contribution >= 4 is 40.8 Å². The zero-order chi connectivity index (χ0) is 30.2. The summed E-state index contributed by atoms with van der Waals surface area (Å²) in [4.78, 5) is 36.2. The maximum absolute atomic E-state index is 14.8. The molecular weight excluding hydrogens is 576 g/mol. The van der Waals surface area contributed by atoms with Gasteiger partial charge in [0.15, 0.2) is 5.69 Å². The van der Waals surface area contributed by atoms with Crippen LogP contribution in [0.15, 0.2) is 41.5 Å². The summed E-state index contributed by atoms with van der Waals surface area (Å²) in [5, 5.41) is 18.0. The number of aryl methyl sites for hydroxylation is 1. The molecule has 14 heteroatoms. The number of methoxy groups -OCH3 is 1. The van der Waals surface area contributed by atoms with Crippen LogP contribution in [0.4, 0.5) is 16.0 Å². The molecule has 2 N–H and O–H groups in total. The van der Waals surface area contributed by atoms with E-state index in [-0.39, 0.29) is 44.5 Å². The Labute approximate surface area is 245 Å². The van der Waals surface area contributed by atoms with Crippen molar-refractivity contribution in [1.82, 2.24) is 24.3 Å². The number of carbonyl (C=O) groups is 1. The number of ether oxygens (including phenoxy) is 1. The number of aromatic carboxylic acids is 1. The van der Waals surface area contributed by atoms with Crippen LogP contribution in [0.1, 0.15) is 53.1 Å². The zero-order valence-electron chi connectivity index (χ0n) is 23.1. The van der Waals surface area contributed by atoms with Crippen molar-refractivity contribution in [3.05, 3.63) is 85.4 Å². The third-order valence-electron chi connectivity index (χ3n) is 6.27. The molecule has 4 rings (SSSR count). The molecule has 0 saturated carbocycles. The molecule has 0 radical (unpaired) electrons. The standard InChI is InChI=1S/C27H28Cl2FN7O4/c1-13(2)23-20(22(26(39)40)34-37(23)19-11-31-27(35(3)4)33-24(19)41-6)21(14-7-8-16(29)17(30)9-14)32-18-10-15(28)12-36(5)25(18)38/h7-13,21,32H,1-6H3,(H,39,40). The fourth-order valence-corrected chi connectivity index (χ4v) is 4.80. The number of benzene rings is 1. The predicted molar refractivity (Wildman–Crippen MR) is 155 cm³/mol. The summed E-state index contributed by atoms with van der Waals surface area (Å²) in [5.41, 5.74) is 0.510. The lowest BCUT2D eigenvalue weighted by Gasteiger charge is -2.24. The average molecular weight is 604 g/mol. The van der Waals surface area contributed by atoms with Crippen LogP contribution >= 0.6 is 23.2 Å². The summed E-state index contributed by atoms with van der Waals surface area (Å²) in [6.45, 7) is 3.70. The van der Waals surface area contributed by atoms with Gasteiger partial charge in [-0.15, -0.1) is 0 Å². The maximum atomic E-state index is 14.8. The van der Waals surface area contributed by atoms with Gasteiger partial charge < -0.3 is 24.6 Å². The van der Waals surface area contributed by atoms with Gasteiger partial charge in [0.1, 0.15) is 17.2 Å². The number of carboxylic acid groups (broad SMARTS) is 1. The number of pyridine rings is 1. The largest absolute Gasteiger partial charge is 0.479 e. The molecule has 0 aliphatic heterocycles. The topological polar surface area (TPSA) is 127 Å². The van der Waals surface area contributed by atoms with Gasteiger partial charge in [-0.3, -0.25) is 4.79 Å². The molecular formula is C27H28Cl2FN7O4. The normalized spacial score (nSPS) is 12.0. The average Bonchev–Trinajstić information content (AvgIpc) is 3.32. The van der Waals surface area contributed by atoms with E-state index in [2.05, 4.69) is 20.4 Å². The molecule has 0 saturated heterocycles. The number of rotatable bonds is 9. The molecule has 3 heterocycles. The highest BCUT2D eigenvalue weighted by Crippen LogP contribution is 2.38. The Morgan fingerprint density at radius 2 is 1.93 bits per heavy atom. The molecule has 1 atom stereocenters. The number of carboxylic acids is 1. The number of halogens is 3. The smallest absolute Gasteiger partial charge is 0.356 e. The van der Waals surface area contributed by atoms with E-state index in [1.807, 2.05) is 13.8 Å². The van der Waals surface area contributed by atoms with E-state index < -0.39 is 23.4 Å². The SMILES string of the molecule is COc1nc(N(C)C)ncc1-n1nc(C(=O)O)c(C(Nc2cc(Cl)cn(C)c2=O)c2ccc(Cl)c(F)c2)c1C(C)C. The van der Waals surface area contributed by atoms with Gasteiger partial charge in [-0.1, -0.05) is 43.1 Å². The van der Waals surface area contributed by atoms with Gasteiger partial charge in [0, 0.05) is 32.9 Å². The summed E-state index contributed by atoms with van der Waals surface area (Å²) in [5.74, 6) is -1.87. The molecule has 1 unspecified atom stereocenters. The number of aromatic nitrogens is 5. The van der Waals surface area contributed by atoms with Gasteiger partial charge in [0.2, 0.25) is 11.8 Å². The lowest BCUT2D eigenvalue weighted by molar-refractivity contribution is 0.0688. The molecule has 0 aliphatic rings. The highest BCUT2D eigenvalue weighted by molar-refractivity contribution is 6.31. The summed E-state index contributed by atoms with van der Waals surface area (Å²) >= 11 is 12.2. The fourth-order valence-electron chi connectivity index (χ4n) is 4.43. The lowest BCUT2D eigenvalue weighted by atomic mass is 9.92. The van der Waals surface area contributed by atoms with Crippen LogP contribution in [0.2, 0.25) is 10.0 Å². The fraction of sp³-hybridized carbons (Fsp3) is 0.296. The summed E-state index contributed by atoms with van der Waals surface area (Å²) in [7, 11) is 6.49. The third kappa shape index (κ3) is 5.84. The van der Waals surface area contributed by atoms with Crippen LogP contribution < -0.4 is 20.5 Å². The highest BCUT2D eigenvalue weighted by Gasteiger charge is 2.33. The Kier molecular flexibility index (Phi) is 8.55. The number of hydrogen-bond acceptors (Lipinski definition) is 8. The molecule has 0 bridgehead atoms. The second-order valence-electron chi connectivity index (χ2n) is 9.72. The van der Waals surface area contributed by atoms with E-state index in [0.717, 1.165) is 0 Å². The van der Waals surface area contributed by atoms with E-state index in [4.69, 9.17) is 27.9 Å². The van der Waals surface area contributed by atoms with Gasteiger partial charge >= 0.3 is 5.97 Å². The second kappa shape index (κ2) is 11.8. The summed E-state index contributed by atoms with van der Waals surface area (Å²) in [6.07, 6.45) is 2.92. The first kappa shape index (κ1) is 29.8. The van der Waals surface area contributed by atoms with Crippen molar-refractivity contribution in [3.8, 4) is 11.6 Å². The number of anilines is 2. The van der Waals surface area contributed by atoms with Crippen molar-refractivity contribution < 1.29 is 19.0 Å². The van der Waals surface area contributed by atoms with E-state index >= 15 is 0 Å². The van der Waals surface area contributed by atoms with Crippen LogP contribution in [0.25, 0.3) is 5.69 Å². The molecule has 41 heavy (non-hydrogen) atoms. The van der Waals surface area contributed by atoms with Crippen LogP contribution in [-0.2, 0) is 7.05 Å². The van der Waals surface area contributed by atoms with E-state index in [1.165, 1.54) is 54.0 Å². The minimum absolute atomic E-state index is 0.0652. The lowest BCUT2D eigenvalue weighted by Crippen LogP contribution is -2.25. The first-order valence-electron chi connectivity index (χ1n) is 12.4. The van der Waals surface area contributed by atoms with Gasteiger partial charge in [-0.25, -0.2) is 18.9 Å². The Morgan fingerprint density at radius 1 is 1.22 bits per heavy atom.